The van der Waals surface area contributed by atoms with Gasteiger partial charge < -0.3 is 9.64 Å². The average molecular weight is 430 g/mol. The first kappa shape index (κ1) is 21.2. The number of methoxy groups -OCH3 is 1. The molecule has 2 heterocycles. The van der Waals surface area contributed by atoms with Gasteiger partial charge in [0.15, 0.2) is 0 Å². The summed E-state index contributed by atoms with van der Waals surface area (Å²) in [4.78, 5) is 5.22. The van der Waals surface area contributed by atoms with Gasteiger partial charge in [-0.25, -0.2) is 8.42 Å². The van der Waals surface area contributed by atoms with Crippen LogP contribution in [-0.4, -0.2) is 70.0 Å². The summed E-state index contributed by atoms with van der Waals surface area (Å²) in [6, 6.07) is 15.6. The molecular weight excluding hydrogens is 398 g/mol. The van der Waals surface area contributed by atoms with Crippen molar-refractivity contribution in [3.8, 4) is 5.75 Å². The Bertz CT molecular complexity index is 954. The van der Waals surface area contributed by atoms with E-state index in [0.717, 1.165) is 56.0 Å². The third-order valence-electron chi connectivity index (χ3n) is 6.27. The Labute approximate surface area is 180 Å². The van der Waals surface area contributed by atoms with Crippen LogP contribution in [0.3, 0.4) is 0 Å². The molecule has 4 rings (SSSR count). The molecule has 2 aliphatic heterocycles. The van der Waals surface area contributed by atoms with Crippen molar-refractivity contribution in [3.05, 3.63) is 54.1 Å². The maximum atomic E-state index is 13.1. The number of sulfonamides is 1. The van der Waals surface area contributed by atoms with Gasteiger partial charge in [-0.1, -0.05) is 29.8 Å². The van der Waals surface area contributed by atoms with Crippen molar-refractivity contribution < 1.29 is 13.2 Å². The van der Waals surface area contributed by atoms with E-state index in [2.05, 4.69) is 15.9 Å². The van der Waals surface area contributed by atoms with Gasteiger partial charge in [-0.2, -0.15) is 4.31 Å². The van der Waals surface area contributed by atoms with Gasteiger partial charge in [-0.05, 0) is 44.0 Å². The Balaban J connectivity index is 1.40. The Kier molecular flexibility index (Phi) is 6.32. The fourth-order valence-electron chi connectivity index (χ4n) is 4.52. The van der Waals surface area contributed by atoms with Crippen molar-refractivity contribution in [2.24, 2.45) is 0 Å². The van der Waals surface area contributed by atoms with E-state index in [1.165, 1.54) is 0 Å². The number of piperazine rings is 1. The van der Waals surface area contributed by atoms with Gasteiger partial charge in [0.25, 0.3) is 0 Å². The Morgan fingerprint density at radius 2 is 1.63 bits per heavy atom. The maximum absolute atomic E-state index is 13.1. The van der Waals surface area contributed by atoms with Crippen molar-refractivity contribution in [1.29, 1.82) is 0 Å². The van der Waals surface area contributed by atoms with Crippen LogP contribution in [0.4, 0.5) is 5.69 Å². The molecule has 2 fully saturated rings. The molecule has 1 atom stereocenters. The number of nitrogens with zero attached hydrogens (tertiary/aromatic N) is 3. The van der Waals surface area contributed by atoms with E-state index in [-0.39, 0.29) is 6.04 Å². The minimum Gasteiger partial charge on any atom is -0.495 e. The van der Waals surface area contributed by atoms with E-state index in [0.29, 0.717) is 18.0 Å². The lowest BCUT2D eigenvalue weighted by molar-refractivity contribution is 0.128. The molecule has 0 unspecified atom stereocenters. The number of anilines is 1. The predicted molar refractivity (Wildman–Crippen MR) is 120 cm³/mol. The van der Waals surface area contributed by atoms with Crippen LogP contribution in [0.2, 0.25) is 0 Å². The molecule has 0 aromatic heterocycles. The Morgan fingerprint density at radius 1 is 0.933 bits per heavy atom. The fourth-order valence-corrected chi connectivity index (χ4v) is 6.03. The van der Waals surface area contributed by atoms with Crippen molar-refractivity contribution in [1.82, 2.24) is 9.21 Å². The van der Waals surface area contributed by atoms with Crippen LogP contribution < -0.4 is 9.64 Å². The van der Waals surface area contributed by atoms with Crippen LogP contribution in [0, 0.1) is 6.92 Å². The number of hydrogen-bond acceptors (Lipinski definition) is 5. The van der Waals surface area contributed by atoms with Gasteiger partial charge >= 0.3 is 0 Å². The third-order valence-corrected chi connectivity index (χ3v) is 8.15. The van der Waals surface area contributed by atoms with Crippen LogP contribution in [-0.2, 0) is 10.0 Å². The molecule has 7 heteroatoms. The molecule has 6 nitrogen and oxygen atoms in total. The lowest BCUT2D eigenvalue weighted by Gasteiger charge is -2.43. The first-order valence-electron chi connectivity index (χ1n) is 10.7. The molecule has 0 N–H and O–H groups in total. The van der Waals surface area contributed by atoms with E-state index in [4.69, 9.17) is 4.74 Å². The van der Waals surface area contributed by atoms with Gasteiger partial charge in [-0.3, -0.25) is 4.90 Å². The number of benzene rings is 2. The van der Waals surface area contributed by atoms with Crippen molar-refractivity contribution >= 4 is 15.7 Å². The average Bonchev–Trinajstić information content (AvgIpc) is 2.79. The largest absolute Gasteiger partial charge is 0.495 e. The molecule has 0 amide bonds. The predicted octanol–water partition coefficient (Wildman–Crippen LogP) is 2.98. The first-order chi connectivity index (χ1) is 14.5. The summed E-state index contributed by atoms with van der Waals surface area (Å²) in [6.45, 7) is 6.85. The topological polar surface area (TPSA) is 53.1 Å². The first-order valence-corrected chi connectivity index (χ1v) is 12.1. The van der Waals surface area contributed by atoms with E-state index in [1.54, 1.807) is 23.5 Å². The molecule has 162 valence electrons. The molecule has 2 saturated heterocycles. The molecule has 30 heavy (non-hydrogen) atoms. The Morgan fingerprint density at radius 3 is 2.33 bits per heavy atom. The summed E-state index contributed by atoms with van der Waals surface area (Å²) < 4.78 is 33.4. The normalized spacial score (nSPS) is 21.5. The maximum Gasteiger partial charge on any atom is 0.243 e. The summed E-state index contributed by atoms with van der Waals surface area (Å²) in [5.74, 6) is 0.902. The highest BCUT2D eigenvalue weighted by atomic mass is 32.2. The van der Waals surface area contributed by atoms with Gasteiger partial charge in [0.05, 0.1) is 17.7 Å². The second kappa shape index (κ2) is 8.96. The highest BCUT2D eigenvalue weighted by Crippen LogP contribution is 2.30. The molecule has 0 aliphatic carbocycles. The molecule has 2 aromatic rings. The summed E-state index contributed by atoms with van der Waals surface area (Å²) in [6.07, 6.45) is 1.96. The van der Waals surface area contributed by atoms with Crippen molar-refractivity contribution in [2.45, 2.75) is 30.7 Å². The molecular formula is C23H31N3O3S. The number of aryl methyl sites for hydroxylation is 1. The lowest BCUT2D eigenvalue weighted by atomic mass is 10.0. The lowest BCUT2D eigenvalue weighted by Crippen LogP contribution is -2.55. The molecule has 2 aromatic carbocycles. The van der Waals surface area contributed by atoms with E-state index < -0.39 is 10.0 Å². The van der Waals surface area contributed by atoms with E-state index in [1.807, 2.05) is 37.3 Å². The second-order valence-electron chi connectivity index (χ2n) is 8.17. The zero-order valence-corrected chi connectivity index (χ0v) is 18.6. The van der Waals surface area contributed by atoms with E-state index >= 15 is 0 Å². The number of piperidine rings is 1. The molecule has 2 aliphatic rings. The van der Waals surface area contributed by atoms with Crippen molar-refractivity contribution in [2.75, 3.05) is 51.3 Å². The fraction of sp³-hybridized carbons (Fsp3) is 0.478. The van der Waals surface area contributed by atoms with E-state index in [9.17, 15) is 8.42 Å². The molecule has 0 saturated carbocycles. The van der Waals surface area contributed by atoms with Crippen LogP contribution in [0.25, 0.3) is 0 Å². The van der Waals surface area contributed by atoms with Crippen LogP contribution in [0.1, 0.15) is 18.4 Å². The summed E-state index contributed by atoms with van der Waals surface area (Å²) in [5.41, 5.74) is 2.20. The summed E-state index contributed by atoms with van der Waals surface area (Å²) in [7, 11) is -1.72. The molecule has 0 bridgehead atoms. The third kappa shape index (κ3) is 4.33. The highest BCUT2D eigenvalue weighted by Gasteiger charge is 2.34. The zero-order valence-electron chi connectivity index (χ0n) is 17.8. The van der Waals surface area contributed by atoms with Gasteiger partial charge in [-0.15, -0.1) is 0 Å². The van der Waals surface area contributed by atoms with Gasteiger partial charge in [0.2, 0.25) is 10.0 Å². The Hall–Kier alpha value is -2.09. The number of ether oxygens (including phenoxy) is 1. The van der Waals surface area contributed by atoms with Crippen LogP contribution in [0.15, 0.2) is 53.4 Å². The number of hydrogen-bond donors (Lipinski definition) is 0. The van der Waals surface area contributed by atoms with Gasteiger partial charge in [0.1, 0.15) is 5.75 Å². The number of para-hydroxylation sites is 2. The quantitative estimate of drug-likeness (QED) is 0.731. The van der Waals surface area contributed by atoms with Crippen LogP contribution >= 0.6 is 0 Å². The summed E-state index contributed by atoms with van der Waals surface area (Å²) in [5, 5.41) is 0. The standard InChI is InChI=1S/C23H31N3O3S/c1-19-9-11-21(12-10-19)30(27,28)26-13-5-6-20(18-26)24-14-16-25(17-15-24)22-7-3-4-8-23(22)29-2/h3-4,7-12,20H,5-6,13-18H2,1-2H3/t20-/m0/s1. The SMILES string of the molecule is COc1ccccc1N1CCN([C@H]2CCCN(S(=O)(=O)c3ccc(C)cc3)C2)CC1. The second-order valence-corrected chi connectivity index (χ2v) is 10.1. The highest BCUT2D eigenvalue weighted by molar-refractivity contribution is 7.89. The number of rotatable bonds is 5. The minimum atomic E-state index is -3.43. The minimum absolute atomic E-state index is 0.277. The molecule has 0 radical (unpaired) electrons. The molecule has 0 spiro atoms. The van der Waals surface area contributed by atoms with Crippen LogP contribution in [0.5, 0.6) is 5.75 Å². The summed E-state index contributed by atoms with van der Waals surface area (Å²) >= 11 is 0. The van der Waals surface area contributed by atoms with Gasteiger partial charge in [0, 0.05) is 45.3 Å². The monoisotopic (exact) mass is 429 g/mol. The van der Waals surface area contributed by atoms with Crippen molar-refractivity contribution in [3.63, 3.8) is 0 Å². The zero-order chi connectivity index (χ0) is 21.1. The smallest absolute Gasteiger partial charge is 0.243 e.